The molecule has 0 aliphatic heterocycles. The molecule has 56 valence electrons. The second-order valence-electron chi connectivity index (χ2n) is 1.38. The van der Waals surface area contributed by atoms with Crippen LogP contribution in [0.25, 0.3) is 0 Å². The molecule has 0 atom stereocenters. The second-order valence-corrected chi connectivity index (χ2v) is 1.94. The fraction of sp³-hybridized carbons (Fsp3) is 1.00. The molecule has 0 spiro atoms. The molecule has 0 rings (SSSR count). The van der Waals surface area contributed by atoms with Gasteiger partial charge in [0.1, 0.15) is 0 Å². The molecule has 0 N–H and O–H groups in total. The van der Waals surface area contributed by atoms with Gasteiger partial charge in [0.15, 0.2) is 6.67 Å². The Labute approximate surface area is 53.5 Å². The zero-order valence-electron chi connectivity index (χ0n) is 4.04. The van der Waals surface area contributed by atoms with Crippen LogP contribution in [0.1, 0.15) is 0 Å². The Morgan fingerprint density at radius 1 is 1.11 bits per heavy atom. The normalized spacial score (nSPS) is 14.0. The monoisotopic (exact) mass is 166 g/mol. The van der Waals surface area contributed by atoms with Gasteiger partial charge in [0.2, 0.25) is 0 Å². The van der Waals surface area contributed by atoms with Gasteiger partial charge < -0.3 is 0 Å². The Bertz CT molecular complexity index is 94.9. The summed E-state index contributed by atoms with van der Waals surface area (Å²) >= 11 is 2.19. The molecule has 0 unspecified atom stereocenters. The molecule has 0 aliphatic carbocycles. The lowest BCUT2D eigenvalue weighted by molar-refractivity contribution is -0.159. The van der Waals surface area contributed by atoms with E-state index >= 15 is 0 Å². The van der Waals surface area contributed by atoms with Crippen molar-refractivity contribution in [1.82, 2.24) is 0 Å². The molecule has 0 nitrogen and oxygen atoms in total. The van der Waals surface area contributed by atoms with E-state index in [0.717, 1.165) is 0 Å². The van der Waals surface area contributed by atoms with Crippen molar-refractivity contribution >= 4 is 12.6 Å². The summed E-state index contributed by atoms with van der Waals surface area (Å²) in [5.41, 5.74) is 0. The molecule has 0 aromatic carbocycles. The van der Waals surface area contributed by atoms with Gasteiger partial charge in [-0.2, -0.15) is 17.6 Å². The fourth-order valence-electron chi connectivity index (χ4n) is 0.0804. The van der Waals surface area contributed by atoms with Crippen LogP contribution in [0.2, 0.25) is 0 Å². The van der Waals surface area contributed by atoms with E-state index in [1.54, 1.807) is 0 Å². The van der Waals surface area contributed by atoms with E-state index in [0.29, 0.717) is 0 Å². The predicted molar refractivity (Wildman–Crippen MR) is 24.9 cm³/mol. The predicted octanol–water partition coefficient (Wildman–Crippen LogP) is 2.11. The van der Waals surface area contributed by atoms with Gasteiger partial charge in [0.05, 0.1) is 0 Å². The molecule has 6 heteroatoms. The van der Waals surface area contributed by atoms with Crippen molar-refractivity contribution < 1.29 is 22.0 Å². The maximum Gasteiger partial charge on any atom is 0.356 e. The summed E-state index contributed by atoms with van der Waals surface area (Å²) in [6.45, 7) is -2.40. The quantitative estimate of drug-likeness (QED) is 0.471. The Morgan fingerprint density at radius 2 is 1.44 bits per heavy atom. The van der Waals surface area contributed by atoms with E-state index in [-0.39, 0.29) is 0 Å². The largest absolute Gasteiger partial charge is 0.356 e. The topological polar surface area (TPSA) is 0 Å². The van der Waals surface area contributed by atoms with Gasteiger partial charge in [0, 0.05) is 0 Å². The fourth-order valence-corrected chi connectivity index (χ4v) is 0.140. The Balaban J connectivity index is 4.14. The van der Waals surface area contributed by atoms with Crippen LogP contribution in [0.3, 0.4) is 0 Å². The summed E-state index contributed by atoms with van der Waals surface area (Å²) in [6.07, 6.45) is 0. The highest BCUT2D eigenvalue weighted by molar-refractivity contribution is 7.81. The molecule has 0 amide bonds. The highest BCUT2D eigenvalue weighted by Gasteiger charge is 2.53. The SMILES string of the molecule is FCC(F)(F)C(F)(F)S. The van der Waals surface area contributed by atoms with Crippen LogP contribution < -0.4 is 0 Å². The first-order valence-corrected chi connectivity index (χ1v) is 2.30. The van der Waals surface area contributed by atoms with Crippen molar-refractivity contribution in [3.8, 4) is 0 Å². The van der Waals surface area contributed by atoms with Gasteiger partial charge in [0.25, 0.3) is 0 Å². The van der Waals surface area contributed by atoms with Gasteiger partial charge in [-0.15, -0.1) is 0 Å². The molecule has 0 saturated heterocycles. The molecule has 9 heavy (non-hydrogen) atoms. The number of hydrogen-bond acceptors (Lipinski definition) is 1. The summed E-state index contributed by atoms with van der Waals surface area (Å²) in [6, 6.07) is 0. The lowest BCUT2D eigenvalue weighted by Crippen LogP contribution is -2.37. The third-order valence-electron chi connectivity index (χ3n) is 0.608. The smallest absolute Gasteiger partial charge is 0.244 e. The lowest BCUT2D eigenvalue weighted by Gasteiger charge is -2.17. The van der Waals surface area contributed by atoms with Crippen LogP contribution in [-0.2, 0) is 0 Å². The first-order valence-electron chi connectivity index (χ1n) is 1.85. The molecule has 0 saturated carbocycles. The van der Waals surface area contributed by atoms with E-state index < -0.39 is 17.9 Å². The second kappa shape index (κ2) is 2.32. The number of alkyl halides is 5. The van der Waals surface area contributed by atoms with Crippen molar-refractivity contribution in [2.24, 2.45) is 0 Å². The molecule has 0 heterocycles. The number of rotatable bonds is 2. The molecule has 0 aromatic rings. The highest BCUT2D eigenvalue weighted by Crippen LogP contribution is 2.37. The Kier molecular flexibility index (Phi) is 2.32. The van der Waals surface area contributed by atoms with Crippen LogP contribution in [0.4, 0.5) is 22.0 Å². The Morgan fingerprint density at radius 3 is 1.44 bits per heavy atom. The summed E-state index contributed by atoms with van der Waals surface area (Å²) < 4.78 is 56.7. The standard InChI is InChI=1S/C3H3F5S/c4-1-2(5,6)3(7,8)9/h9H,1H2. The zero-order chi connectivity index (χ0) is 7.71. The van der Waals surface area contributed by atoms with E-state index in [1.165, 1.54) is 0 Å². The van der Waals surface area contributed by atoms with Crippen LogP contribution >= 0.6 is 12.6 Å². The highest BCUT2D eigenvalue weighted by atomic mass is 32.1. The van der Waals surface area contributed by atoms with Gasteiger partial charge in [-0.1, -0.05) is 12.6 Å². The Hall–Kier alpha value is -0.0000000000000000555. The van der Waals surface area contributed by atoms with Gasteiger partial charge in [-0.25, -0.2) is 4.39 Å². The van der Waals surface area contributed by atoms with Crippen molar-refractivity contribution in [3.05, 3.63) is 0 Å². The average molecular weight is 166 g/mol. The van der Waals surface area contributed by atoms with Gasteiger partial charge >= 0.3 is 11.2 Å². The lowest BCUT2D eigenvalue weighted by atomic mass is 10.4. The summed E-state index contributed by atoms with van der Waals surface area (Å²) in [4.78, 5) is 0. The van der Waals surface area contributed by atoms with Gasteiger partial charge in [-0.05, 0) is 0 Å². The minimum atomic E-state index is -4.66. The molecule has 0 aromatic heterocycles. The zero-order valence-corrected chi connectivity index (χ0v) is 4.94. The van der Waals surface area contributed by atoms with Gasteiger partial charge in [-0.3, -0.25) is 0 Å². The number of halogens is 5. The van der Waals surface area contributed by atoms with Crippen LogP contribution in [0.15, 0.2) is 0 Å². The summed E-state index contributed by atoms with van der Waals surface area (Å²) in [5, 5.41) is -4.57. The number of thiol groups is 1. The maximum atomic E-state index is 11.5. The van der Waals surface area contributed by atoms with Crippen LogP contribution in [0.5, 0.6) is 0 Å². The third-order valence-corrected chi connectivity index (χ3v) is 0.935. The number of hydrogen-bond donors (Lipinski definition) is 1. The van der Waals surface area contributed by atoms with Crippen molar-refractivity contribution in [2.75, 3.05) is 6.67 Å². The average Bonchev–Trinajstić information content (AvgIpc) is 1.64. The van der Waals surface area contributed by atoms with E-state index in [9.17, 15) is 22.0 Å². The summed E-state index contributed by atoms with van der Waals surface area (Å²) in [5.74, 6) is -4.66. The van der Waals surface area contributed by atoms with Crippen molar-refractivity contribution in [3.63, 3.8) is 0 Å². The first kappa shape index (κ1) is 9.00. The minimum Gasteiger partial charge on any atom is -0.244 e. The molecule has 0 bridgehead atoms. The van der Waals surface area contributed by atoms with Crippen molar-refractivity contribution in [2.45, 2.75) is 11.2 Å². The van der Waals surface area contributed by atoms with Crippen molar-refractivity contribution in [1.29, 1.82) is 0 Å². The molecule has 0 radical (unpaired) electrons. The molecule has 0 fully saturated rings. The maximum absolute atomic E-state index is 11.5. The van der Waals surface area contributed by atoms with E-state index in [4.69, 9.17) is 0 Å². The first-order chi connectivity index (χ1) is 3.81. The van der Waals surface area contributed by atoms with Crippen LogP contribution in [-0.4, -0.2) is 17.9 Å². The van der Waals surface area contributed by atoms with E-state index in [1.807, 2.05) is 0 Å². The molecular formula is C3H3F5S. The van der Waals surface area contributed by atoms with E-state index in [2.05, 4.69) is 12.6 Å². The molecular weight excluding hydrogens is 163 g/mol. The minimum absolute atomic E-state index is 2.19. The molecule has 0 aliphatic rings. The summed E-state index contributed by atoms with van der Waals surface area (Å²) in [7, 11) is 0. The third kappa shape index (κ3) is 2.00. The van der Waals surface area contributed by atoms with Crippen LogP contribution in [0, 0.1) is 0 Å².